The van der Waals surface area contributed by atoms with Gasteiger partial charge in [-0.3, -0.25) is 18.9 Å². The monoisotopic (exact) mass is 699 g/mol. The van der Waals surface area contributed by atoms with Crippen LogP contribution in [0, 0.1) is 0 Å². The molecule has 0 unspecified atom stereocenters. The molecule has 15 nitrogen and oxygen atoms in total. The van der Waals surface area contributed by atoms with E-state index in [4.69, 9.17) is 9.47 Å². The van der Waals surface area contributed by atoms with Crippen LogP contribution in [0.25, 0.3) is 22.2 Å². The summed E-state index contributed by atoms with van der Waals surface area (Å²) >= 11 is 0. The number of pyridine rings is 1. The van der Waals surface area contributed by atoms with Crippen molar-refractivity contribution in [3.8, 4) is 11.5 Å². The highest BCUT2D eigenvalue weighted by atomic mass is 16.6. The number of hydrogen-bond acceptors (Lipinski definition) is 11. The Balaban J connectivity index is 0.904. The van der Waals surface area contributed by atoms with E-state index in [2.05, 4.69) is 35.6 Å². The fraction of sp³-hybridized carbons (Fsp3) is 0.189. The van der Waals surface area contributed by atoms with Crippen molar-refractivity contribution in [3.63, 3.8) is 0 Å². The Kier molecular flexibility index (Phi) is 8.86. The zero-order valence-electron chi connectivity index (χ0n) is 27.5. The number of benzene rings is 3. The van der Waals surface area contributed by atoms with E-state index in [1.807, 2.05) is 66.7 Å². The first-order chi connectivity index (χ1) is 25.4. The van der Waals surface area contributed by atoms with Gasteiger partial charge >= 0.3 is 5.69 Å². The van der Waals surface area contributed by atoms with Crippen LogP contribution in [0.4, 0.5) is 5.82 Å². The molecule has 0 aliphatic carbocycles. The quantitative estimate of drug-likeness (QED) is 0.133. The van der Waals surface area contributed by atoms with Crippen LogP contribution in [0.15, 0.2) is 115 Å². The zero-order valence-corrected chi connectivity index (χ0v) is 27.5. The largest absolute Gasteiger partial charge is 0.457 e. The lowest BCUT2D eigenvalue weighted by Crippen LogP contribution is -2.39. The van der Waals surface area contributed by atoms with Crippen molar-refractivity contribution >= 4 is 33.9 Å². The lowest BCUT2D eigenvalue weighted by atomic mass is 10.1. The van der Waals surface area contributed by atoms with Crippen molar-refractivity contribution in [3.05, 3.63) is 137 Å². The van der Waals surface area contributed by atoms with Crippen LogP contribution in [-0.2, 0) is 17.8 Å². The number of fused-ring (bicyclic) bond motifs is 2. The summed E-state index contributed by atoms with van der Waals surface area (Å²) in [6.45, 7) is 0.641. The average Bonchev–Trinajstić information content (AvgIpc) is 3.83. The normalized spacial score (nSPS) is 18.5. The van der Waals surface area contributed by atoms with Gasteiger partial charge in [-0.05, 0) is 60.2 Å². The second kappa shape index (κ2) is 14.1. The van der Waals surface area contributed by atoms with E-state index in [-0.39, 0.29) is 18.8 Å². The molecule has 4 aromatic heterocycles. The number of nitrogens with one attached hydrogen (secondary N) is 3. The Morgan fingerprint density at radius 1 is 0.904 bits per heavy atom. The molecular weight excluding hydrogens is 666 g/mol. The third kappa shape index (κ3) is 6.58. The number of aliphatic hydroxyl groups is 2. The summed E-state index contributed by atoms with van der Waals surface area (Å²) in [5.74, 6) is 1.51. The molecule has 1 saturated heterocycles. The van der Waals surface area contributed by atoms with Crippen LogP contribution < -0.4 is 21.1 Å². The predicted molar refractivity (Wildman–Crippen MR) is 190 cm³/mol. The van der Waals surface area contributed by atoms with Gasteiger partial charge in [-0.25, -0.2) is 19.7 Å². The van der Waals surface area contributed by atoms with Crippen molar-refractivity contribution < 1.29 is 24.5 Å². The summed E-state index contributed by atoms with van der Waals surface area (Å²) < 4.78 is 15.0. The van der Waals surface area contributed by atoms with Crippen LogP contribution in [-0.4, -0.2) is 75.0 Å². The van der Waals surface area contributed by atoms with Gasteiger partial charge in [0.15, 0.2) is 23.2 Å². The number of anilines is 1. The Hall–Kier alpha value is -6.42. The zero-order chi connectivity index (χ0) is 35.6. The van der Waals surface area contributed by atoms with Crippen LogP contribution in [0.1, 0.15) is 27.8 Å². The van der Waals surface area contributed by atoms with E-state index in [9.17, 15) is 19.8 Å². The number of para-hydroxylation sites is 1. The fourth-order valence-electron chi connectivity index (χ4n) is 6.19. The number of carbonyl (C=O) groups excluding carboxylic acids is 1. The standard InChI is InChI=1S/C37H33N9O6/c47-31-29(18-40-35(49)23-11-14-28-27(16-23)44-37(50)45(28)19-24-6-4-5-15-38-24)52-36(32(31)48)46-21-43-30-33(41-20-42-34(30)46)39-17-22-9-12-26(13-10-22)51-25-7-2-1-3-8-25/h1-16,20-21,29,31-32,36,47-48H,17-19H2,(H,40,49)(H,44,50)(H,39,41,42)/t29-,31-,32-,36-/m1/s1. The van der Waals surface area contributed by atoms with Gasteiger partial charge in [0.25, 0.3) is 5.91 Å². The van der Waals surface area contributed by atoms with Gasteiger partial charge in [-0.1, -0.05) is 36.4 Å². The minimum absolute atomic E-state index is 0.0909. The Labute approximate surface area is 295 Å². The molecule has 0 saturated carbocycles. The number of aliphatic hydroxyl groups excluding tert-OH is 2. The summed E-state index contributed by atoms with van der Waals surface area (Å²) in [4.78, 5) is 46.1. The minimum Gasteiger partial charge on any atom is -0.457 e. The van der Waals surface area contributed by atoms with E-state index in [0.29, 0.717) is 40.1 Å². The molecule has 262 valence electrons. The summed E-state index contributed by atoms with van der Waals surface area (Å²) in [7, 11) is 0. The van der Waals surface area contributed by atoms with Crippen LogP contribution >= 0.6 is 0 Å². The number of rotatable bonds is 11. The summed E-state index contributed by atoms with van der Waals surface area (Å²) in [6, 6.07) is 27.6. The molecule has 0 spiro atoms. The Morgan fingerprint density at radius 2 is 1.71 bits per heavy atom. The maximum absolute atomic E-state index is 13.1. The van der Waals surface area contributed by atoms with Crippen LogP contribution in [0.5, 0.6) is 11.5 Å². The van der Waals surface area contributed by atoms with E-state index >= 15 is 0 Å². The number of ether oxygens (including phenoxy) is 2. The third-order valence-corrected chi connectivity index (χ3v) is 8.88. The van der Waals surface area contributed by atoms with E-state index < -0.39 is 30.4 Å². The third-order valence-electron chi connectivity index (χ3n) is 8.88. The van der Waals surface area contributed by atoms with Gasteiger partial charge in [0.05, 0.1) is 29.6 Å². The van der Waals surface area contributed by atoms with Crippen molar-refractivity contribution in [2.24, 2.45) is 0 Å². The molecule has 0 bridgehead atoms. The minimum atomic E-state index is -1.33. The Bertz CT molecular complexity index is 2400. The molecule has 1 fully saturated rings. The van der Waals surface area contributed by atoms with Gasteiger partial charge < -0.3 is 35.3 Å². The molecule has 5 N–H and O–H groups in total. The van der Waals surface area contributed by atoms with Gasteiger partial charge in [0.2, 0.25) is 0 Å². The number of carbonyl (C=O) groups is 1. The molecule has 15 heteroatoms. The topological polar surface area (TPSA) is 194 Å². The SMILES string of the molecule is O=C(NC[C@H]1O[C@@H](n2cnc3c(NCc4ccc(Oc5ccccc5)cc4)ncnc32)[C@H](O)[C@@H]1O)c1ccc2c(c1)[nH]c(=O)n2Cc1ccccn1. The number of aromatic amines is 1. The summed E-state index contributed by atoms with van der Waals surface area (Å²) in [5.41, 5.74) is 3.67. The lowest BCUT2D eigenvalue weighted by molar-refractivity contribution is -0.0337. The summed E-state index contributed by atoms with van der Waals surface area (Å²) in [6.07, 6.45) is -0.0855. The number of aromatic nitrogens is 7. The van der Waals surface area contributed by atoms with Crippen molar-refractivity contribution in [2.45, 2.75) is 37.6 Å². The first kappa shape index (κ1) is 32.8. The second-order valence-electron chi connectivity index (χ2n) is 12.3. The molecule has 8 rings (SSSR count). The van der Waals surface area contributed by atoms with Crippen molar-refractivity contribution in [2.75, 3.05) is 11.9 Å². The van der Waals surface area contributed by atoms with Crippen molar-refractivity contribution in [1.29, 1.82) is 0 Å². The second-order valence-corrected chi connectivity index (χ2v) is 12.3. The maximum Gasteiger partial charge on any atom is 0.326 e. The van der Waals surface area contributed by atoms with Gasteiger partial charge in [0.1, 0.15) is 36.1 Å². The van der Waals surface area contributed by atoms with Crippen LogP contribution in [0.2, 0.25) is 0 Å². The maximum atomic E-state index is 13.1. The highest BCUT2D eigenvalue weighted by Gasteiger charge is 2.44. The molecule has 1 amide bonds. The number of amides is 1. The van der Waals surface area contributed by atoms with Gasteiger partial charge in [-0.15, -0.1) is 0 Å². The highest BCUT2D eigenvalue weighted by molar-refractivity contribution is 5.97. The molecular formula is C37H33N9O6. The molecule has 7 aromatic rings. The molecule has 3 aromatic carbocycles. The molecule has 5 heterocycles. The van der Waals surface area contributed by atoms with Crippen molar-refractivity contribution in [1.82, 2.24) is 39.4 Å². The van der Waals surface area contributed by atoms with Crippen LogP contribution in [0.3, 0.4) is 0 Å². The highest BCUT2D eigenvalue weighted by Crippen LogP contribution is 2.32. The Morgan fingerprint density at radius 3 is 2.52 bits per heavy atom. The molecule has 1 aliphatic rings. The van der Waals surface area contributed by atoms with Gasteiger partial charge in [0, 0.05) is 24.8 Å². The number of nitrogens with zero attached hydrogens (tertiary/aromatic N) is 6. The fourth-order valence-corrected chi connectivity index (χ4v) is 6.19. The number of hydrogen-bond donors (Lipinski definition) is 5. The predicted octanol–water partition coefficient (Wildman–Crippen LogP) is 3.37. The van der Waals surface area contributed by atoms with E-state index in [1.54, 1.807) is 35.0 Å². The smallest absolute Gasteiger partial charge is 0.326 e. The van der Waals surface area contributed by atoms with E-state index in [0.717, 1.165) is 22.8 Å². The first-order valence-corrected chi connectivity index (χ1v) is 16.6. The lowest BCUT2D eigenvalue weighted by Gasteiger charge is -2.16. The van der Waals surface area contributed by atoms with E-state index in [1.165, 1.54) is 17.2 Å². The number of imidazole rings is 2. The molecule has 52 heavy (non-hydrogen) atoms. The number of H-pyrrole nitrogens is 1. The average molecular weight is 700 g/mol. The first-order valence-electron chi connectivity index (χ1n) is 16.6. The summed E-state index contributed by atoms with van der Waals surface area (Å²) in [5, 5.41) is 27.9. The van der Waals surface area contributed by atoms with Gasteiger partial charge in [-0.2, -0.15) is 0 Å². The molecule has 4 atom stereocenters. The molecule has 1 aliphatic heterocycles. The molecule has 0 radical (unpaired) electrons.